The number of aryl methyl sites for hydroxylation is 1. The summed E-state index contributed by atoms with van der Waals surface area (Å²) in [6.07, 6.45) is 2.09. The van der Waals surface area contributed by atoms with Crippen LogP contribution in [0.5, 0.6) is 0 Å². The van der Waals surface area contributed by atoms with Gasteiger partial charge in [-0.1, -0.05) is 20.8 Å². The van der Waals surface area contributed by atoms with Gasteiger partial charge in [-0.2, -0.15) is 5.10 Å². The molecule has 3 heterocycles. The van der Waals surface area contributed by atoms with Crippen molar-refractivity contribution in [2.24, 2.45) is 0 Å². The summed E-state index contributed by atoms with van der Waals surface area (Å²) in [5.41, 5.74) is 0.513. The highest BCUT2D eigenvalue weighted by molar-refractivity contribution is 5.92. The molecule has 1 atom stereocenters. The first kappa shape index (κ1) is 15.7. The van der Waals surface area contributed by atoms with Crippen molar-refractivity contribution in [1.29, 1.82) is 0 Å². The first-order chi connectivity index (χ1) is 11.1. The number of hydrogen-bond acceptors (Lipinski definition) is 5. The zero-order valence-corrected chi connectivity index (χ0v) is 13.7. The molecular formula is C15H22N6O2. The second-order valence-corrected chi connectivity index (χ2v) is 5.94. The summed E-state index contributed by atoms with van der Waals surface area (Å²) >= 11 is 0. The predicted octanol–water partition coefficient (Wildman–Crippen LogP) is 1.43. The average Bonchev–Trinajstić information content (AvgIpc) is 3.23. The molecule has 1 fully saturated rings. The van der Waals surface area contributed by atoms with Crippen LogP contribution in [0.3, 0.4) is 0 Å². The van der Waals surface area contributed by atoms with Crippen LogP contribution in [0, 0.1) is 0 Å². The summed E-state index contributed by atoms with van der Waals surface area (Å²) < 4.78 is 5.72. The van der Waals surface area contributed by atoms with E-state index in [9.17, 15) is 4.79 Å². The van der Waals surface area contributed by atoms with E-state index in [1.807, 2.05) is 20.8 Å². The lowest BCUT2D eigenvalue weighted by Crippen LogP contribution is -2.42. The van der Waals surface area contributed by atoms with Crippen molar-refractivity contribution >= 4 is 5.91 Å². The van der Waals surface area contributed by atoms with Gasteiger partial charge >= 0.3 is 0 Å². The van der Waals surface area contributed by atoms with Gasteiger partial charge in [0, 0.05) is 18.9 Å². The van der Waals surface area contributed by atoms with Gasteiger partial charge in [0.2, 0.25) is 0 Å². The number of carbonyl (C=O) groups is 1. The van der Waals surface area contributed by atoms with Gasteiger partial charge in [0.15, 0.2) is 5.82 Å². The third kappa shape index (κ3) is 3.26. The van der Waals surface area contributed by atoms with Crippen molar-refractivity contribution in [3.05, 3.63) is 29.4 Å². The molecule has 0 spiro atoms. The summed E-state index contributed by atoms with van der Waals surface area (Å²) in [7, 11) is 0. The molecule has 124 valence electrons. The number of nitrogens with one attached hydrogen (secondary N) is 2. The number of aromatic nitrogens is 5. The summed E-state index contributed by atoms with van der Waals surface area (Å²) in [5, 5.41) is 7.07. The Morgan fingerprint density at radius 2 is 2.35 bits per heavy atom. The monoisotopic (exact) mass is 318 g/mol. The Hall–Kier alpha value is -2.22. The van der Waals surface area contributed by atoms with Gasteiger partial charge in [-0.15, -0.1) is 0 Å². The fourth-order valence-electron chi connectivity index (χ4n) is 2.51. The van der Waals surface area contributed by atoms with E-state index in [4.69, 9.17) is 4.74 Å². The minimum Gasteiger partial charge on any atom is -0.366 e. The lowest BCUT2D eigenvalue weighted by atomic mass is 10.2. The molecule has 0 aromatic carbocycles. The molecule has 8 nitrogen and oxygen atoms in total. The number of amides is 1. The maximum Gasteiger partial charge on any atom is 0.272 e. The molecule has 1 aliphatic heterocycles. The first-order valence-corrected chi connectivity index (χ1v) is 7.95. The van der Waals surface area contributed by atoms with Gasteiger partial charge in [-0.25, -0.2) is 9.97 Å². The molecule has 2 aromatic heterocycles. The number of H-pyrrole nitrogens is 2. The van der Waals surface area contributed by atoms with Crippen LogP contribution in [-0.2, 0) is 11.2 Å². The Morgan fingerprint density at radius 3 is 3.00 bits per heavy atom. The molecule has 23 heavy (non-hydrogen) atoms. The van der Waals surface area contributed by atoms with Crippen LogP contribution in [-0.4, -0.2) is 55.7 Å². The summed E-state index contributed by atoms with van der Waals surface area (Å²) in [6, 6.07) is 0. The van der Waals surface area contributed by atoms with E-state index in [-0.39, 0.29) is 17.9 Å². The quantitative estimate of drug-likeness (QED) is 0.888. The number of aromatic amines is 2. The number of nitrogens with zero attached hydrogens (tertiary/aromatic N) is 4. The SMILES string of the molecule is CCc1nc([C@H]2CN(C(=O)c3cnc(C(C)C)[nH]3)CCO2)n[nH]1. The van der Waals surface area contributed by atoms with Gasteiger partial charge in [-0.05, 0) is 0 Å². The lowest BCUT2D eigenvalue weighted by Gasteiger charge is -2.31. The van der Waals surface area contributed by atoms with Crippen molar-refractivity contribution in [1.82, 2.24) is 30.0 Å². The zero-order chi connectivity index (χ0) is 16.4. The number of ether oxygens (including phenoxy) is 1. The molecule has 0 aliphatic carbocycles. The van der Waals surface area contributed by atoms with E-state index >= 15 is 0 Å². The van der Waals surface area contributed by atoms with Gasteiger partial charge in [-0.3, -0.25) is 9.89 Å². The molecule has 0 unspecified atom stereocenters. The second kappa shape index (κ2) is 6.49. The van der Waals surface area contributed by atoms with Crippen LogP contribution >= 0.6 is 0 Å². The largest absolute Gasteiger partial charge is 0.366 e. The number of hydrogen-bond donors (Lipinski definition) is 2. The number of rotatable bonds is 4. The third-order valence-electron chi connectivity index (χ3n) is 3.90. The van der Waals surface area contributed by atoms with Crippen LogP contribution in [0.15, 0.2) is 6.20 Å². The van der Waals surface area contributed by atoms with Crippen LogP contribution in [0.2, 0.25) is 0 Å². The Balaban J connectivity index is 1.70. The summed E-state index contributed by atoms with van der Waals surface area (Å²) in [4.78, 5) is 26.1. The maximum atomic E-state index is 12.6. The minimum absolute atomic E-state index is 0.0658. The molecule has 1 saturated heterocycles. The molecule has 2 aromatic rings. The predicted molar refractivity (Wildman–Crippen MR) is 83.0 cm³/mol. The number of imidazole rings is 1. The van der Waals surface area contributed by atoms with Crippen molar-refractivity contribution in [2.75, 3.05) is 19.7 Å². The van der Waals surface area contributed by atoms with Crippen LogP contribution in [0.1, 0.15) is 60.8 Å². The molecule has 2 N–H and O–H groups in total. The van der Waals surface area contributed by atoms with E-state index in [1.54, 1.807) is 11.1 Å². The molecular weight excluding hydrogens is 296 g/mol. The maximum absolute atomic E-state index is 12.6. The topological polar surface area (TPSA) is 99.8 Å². The molecule has 1 amide bonds. The van der Waals surface area contributed by atoms with Gasteiger partial charge < -0.3 is 14.6 Å². The Kier molecular flexibility index (Phi) is 4.42. The smallest absolute Gasteiger partial charge is 0.272 e. The molecule has 0 radical (unpaired) electrons. The lowest BCUT2D eigenvalue weighted by molar-refractivity contribution is -0.0268. The molecule has 1 aliphatic rings. The molecule has 3 rings (SSSR count). The highest BCUT2D eigenvalue weighted by Crippen LogP contribution is 2.21. The van der Waals surface area contributed by atoms with Crippen molar-refractivity contribution < 1.29 is 9.53 Å². The average molecular weight is 318 g/mol. The Morgan fingerprint density at radius 1 is 1.52 bits per heavy atom. The van der Waals surface area contributed by atoms with E-state index in [0.717, 1.165) is 18.1 Å². The van der Waals surface area contributed by atoms with Crippen LogP contribution in [0.4, 0.5) is 0 Å². The highest BCUT2D eigenvalue weighted by atomic mass is 16.5. The van der Waals surface area contributed by atoms with Crippen LogP contribution in [0.25, 0.3) is 0 Å². The first-order valence-electron chi connectivity index (χ1n) is 7.95. The van der Waals surface area contributed by atoms with E-state index < -0.39 is 0 Å². The van der Waals surface area contributed by atoms with Gasteiger partial charge in [0.1, 0.15) is 23.4 Å². The van der Waals surface area contributed by atoms with Crippen molar-refractivity contribution in [2.45, 2.75) is 39.2 Å². The Labute approximate surface area is 134 Å². The molecule has 0 bridgehead atoms. The van der Waals surface area contributed by atoms with Gasteiger partial charge in [0.25, 0.3) is 5.91 Å². The van der Waals surface area contributed by atoms with Gasteiger partial charge in [0.05, 0.1) is 19.3 Å². The van der Waals surface area contributed by atoms with E-state index in [1.165, 1.54) is 0 Å². The Bertz CT molecular complexity index is 677. The van der Waals surface area contributed by atoms with E-state index in [0.29, 0.717) is 31.2 Å². The summed E-state index contributed by atoms with van der Waals surface area (Å²) in [5.74, 6) is 2.44. The van der Waals surface area contributed by atoms with Crippen molar-refractivity contribution in [3.8, 4) is 0 Å². The number of carbonyl (C=O) groups excluding carboxylic acids is 1. The number of morpholine rings is 1. The minimum atomic E-state index is -0.295. The molecule has 8 heteroatoms. The fourth-order valence-corrected chi connectivity index (χ4v) is 2.51. The van der Waals surface area contributed by atoms with Crippen molar-refractivity contribution in [3.63, 3.8) is 0 Å². The van der Waals surface area contributed by atoms with Crippen LogP contribution < -0.4 is 0 Å². The zero-order valence-electron chi connectivity index (χ0n) is 13.7. The summed E-state index contributed by atoms with van der Waals surface area (Å²) in [6.45, 7) is 7.54. The van der Waals surface area contributed by atoms with E-state index in [2.05, 4.69) is 25.1 Å². The highest BCUT2D eigenvalue weighted by Gasteiger charge is 2.29. The fraction of sp³-hybridized carbons (Fsp3) is 0.600. The second-order valence-electron chi connectivity index (χ2n) is 5.94. The molecule has 0 saturated carbocycles. The standard InChI is InChI=1S/C15H22N6O2/c1-4-12-18-14(20-19-12)11-8-21(5-6-23-11)15(22)10-7-16-13(17-10)9(2)3/h7,9,11H,4-6,8H2,1-3H3,(H,16,17)(H,18,19,20)/t11-/m1/s1. The normalized spacial score (nSPS) is 18.6. The third-order valence-corrected chi connectivity index (χ3v) is 3.90.